The molecule has 1 aromatic rings. The summed E-state index contributed by atoms with van der Waals surface area (Å²) in [5, 5.41) is 8.81. The molecule has 0 radical (unpaired) electrons. The summed E-state index contributed by atoms with van der Waals surface area (Å²) in [7, 11) is 1.59. The molecule has 0 aliphatic rings. The van der Waals surface area contributed by atoms with Gasteiger partial charge in [0.15, 0.2) is 0 Å². The number of aromatic nitrogens is 2. The summed E-state index contributed by atoms with van der Waals surface area (Å²) in [5.41, 5.74) is 1.93. The zero-order valence-corrected chi connectivity index (χ0v) is 12.5. The largest absolute Gasteiger partial charge is 0.481 e. The Kier molecular flexibility index (Phi) is 5.88. The van der Waals surface area contributed by atoms with Gasteiger partial charge in [-0.1, -0.05) is 6.92 Å². The van der Waals surface area contributed by atoms with E-state index in [9.17, 15) is 9.59 Å². The third-order valence-electron chi connectivity index (χ3n) is 3.49. The first-order valence-corrected chi connectivity index (χ1v) is 6.71. The quantitative estimate of drug-likeness (QED) is 0.819. The van der Waals surface area contributed by atoms with E-state index in [2.05, 4.69) is 4.98 Å². The summed E-state index contributed by atoms with van der Waals surface area (Å²) in [5.74, 6) is -0.856. The molecule has 1 heterocycles. The Morgan fingerprint density at radius 3 is 2.60 bits per heavy atom. The molecule has 1 rings (SSSR count). The Bertz CT molecular complexity index is 537. The minimum atomic E-state index is -0.856. The molecule has 6 heteroatoms. The molecule has 0 saturated carbocycles. The van der Waals surface area contributed by atoms with Gasteiger partial charge in [0.05, 0.1) is 12.6 Å². The number of carboxylic acids is 1. The van der Waals surface area contributed by atoms with Crippen LogP contribution < -0.4 is 5.69 Å². The second kappa shape index (κ2) is 7.19. The summed E-state index contributed by atoms with van der Waals surface area (Å²) < 4.78 is 6.76. The summed E-state index contributed by atoms with van der Waals surface area (Å²) in [6.45, 7) is 5.99. The number of methoxy groups -OCH3 is 1. The van der Waals surface area contributed by atoms with Crippen LogP contribution in [0.1, 0.15) is 42.8 Å². The molecule has 1 atom stereocenters. The van der Waals surface area contributed by atoms with Gasteiger partial charge in [-0.15, -0.1) is 0 Å². The molecule has 0 spiro atoms. The van der Waals surface area contributed by atoms with Gasteiger partial charge >= 0.3 is 11.7 Å². The first-order chi connectivity index (χ1) is 9.42. The Morgan fingerprint density at radius 1 is 1.45 bits per heavy atom. The molecule has 0 saturated heterocycles. The summed E-state index contributed by atoms with van der Waals surface area (Å²) in [4.78, 5) is 26.9. The minimum absolute atomic E-state index is 0.0304. The monoisotopic (exact) mass is 282 g/mol. The molecule has 0 amide bonds. The van der Waals surface area contributed by atoms with Gasteiger partial charge in [-0.05, 0) is 32.3 Å². The number of rotatable bonds is 7. The maximum atomic E-state index is 12.1. The van der Waals surface area contributed by atoms with Crippen molar-refractivity contribution in [3.05, 3.63) is 27.4 Å². The van der Waals surface area contributed by atoms with Crippen LogP contribution in [0.2, 0.25) is 0 Å². The van der Waals surface area contributed by atoms with Gasteiger partial charge in [-0.3, -0.25) is 9.36 Å². The fourth-order valence-electron chi connectivity index (χ4n) is 2.41. The number of carboxylic acid groups (broad SMARTS) is 1. The van der Waals surface area contributed by atoms with Crippen molar-refractivity contribution in [2.24, 2.45) is 0 Å². The number of aryl methyl sites for hydroxylation is 1. The van der Waals surface area contributed by atoms with E-state index in [4.69, 9.17) is 9.84 Å². The van der Waals surface area contributed by atoms with E-state index in [0.717, 1.165) is 17.7 Å². The van der Waals surface area contributed by atoms with E-state index in [0.29, 0.717) is 18.7 Å². The Morgan fingerprint density at radius 2 is 2.10 bits per heavy atom. The lowest BCUT2D eigenvalue weighted by molar-refractivity contribution is -0.136. The zero-order valence-electron chi connectivity index (χ0n) is 12.5. The third-order valence-corrected chi connectivity index (χ3v) is 3.49. The van der Waals surface area contributed by atoms with E-state index in [1.54, 1.807) is 18.6 Å². The molecule has 1 unspecified atom stereocenters. The van der Waals surface area contributed by atoms with Crippen LogP contribution in [-0.2, 0) is 16.0 Å². The summed E-state index contributed by atoms with van der Waals surface area (Å²) >= 11 is 0. The summed E-state index contributed by atoms with van der Waals surface area (Å²) in [6, 6.07) is -0.0795. The van der Waals surface area contributed by atoms with Crippen LogP contribution in [0.5, 0.6) is 0 Å². The molecule has 0 aromatic carbocycles. The highest BCUT2D eigenvalue weighted by atomic mass is 16.5. The molecule has 0 aliphatic carbocycles. The highest BCUT2D eigenvalue weighted by Crippen LogP contribution is 2.17. The van der Waals surface area contributed by atoms with E-state index in [1.165, 1.54) is 0 Å². The van der Waals surface area contributed by atoms with Crippen molar-refractivity contribution in [2.75, 3.05) is 13.7 Å². The first-order valence-electron chi connectivity index (χ1n) is 6.71. The van der Waals surface area contributed by atoms with Crippen LogP contribution in [0.4, 0.5) is 0 Å². The number of nitrogens with zero attached hydrogens (tertiary/aromatic N) is 2. The number of aliphatic carboxylic acids is 1. The topological polar surface area (TPSA) is 81.4 Å². The predicted octanol–water partition coefficient (Wildman–Crippen LogP) is 1.47. The van der Waals surface area contributed by atoms with E-state index in [1.807, 2.05) is 13.8 Å². The molecule has 0 fully saturated rings. The van der Waals surface area contributed by atoms with Gasteiger partial charge in [-0.25, -0.2) is 4.79 Å². The zero-order chi connectivity index (χ0) is 15.3. The number of ether oxygens (including phenoxy) is 1. The first kappa shape index (κ1) is 16.4. The van der Waals surface area contributed by atoms with Crippen molar-refractivity contribution < 1.29 is 14.6 Å². The molecule has 1 aromatic heterocycles. The molecule has 20 heavy (non-hydrogen) atoms. The Hall–Kier alpha value is -1.69. The van der Waals surface area contributed by atoms with Gasteiger partial charge < -0.3 is 9.84 Å². The van der Waals surface area contributed by atoms with Gasteiger partial charge in [0.1, 0.15) is 0 Å². The molecule has 0 aliphatic heterocycles. The Balaban J connectivity index is 3.27. The second-order valence-corrected chi connectivity index (χ2v) is 4.82. The molecule has 0 bridgehead atoms. The lowest BCUT2D eigenvalue weighted by Gasteiger charge is -2.22. The SMILES string of the molecule is CCC(COC)n1c(C)c(CCC(=O)O)c(C)nc1=O. The minimum Gasteiger partial charge on any atom is -0.481 e. The van der Waals surface area contributed by atoms with Gasteiger partial charge in [0, 0.05) is 24.9 Å². The average Bonchev–Trinajstić information content (AvgIpc) is 2.36. The van der Waals surface area contributed by atoms with Crippen molar-refractivity contribution >= 4 is 5.97 Å². The fraction of sp³-hybridized carbons (Fsp3) is 0.643. The van der Waals surface area contributed by atoms with Crippen molar-refractivity contribution in [2.45, 2.75) is 46.1 Å². The molecular weight excluding hydrogens is 260 g/mol. The van der Waals surface area contributed by atoms with Crippen LogP contribution in [-0.4, -0.2) is 34.3 Å². The normalized spacial score (nSPS) is 12.4. The Labute approximate surface area is 118 Å². The summed E-state index contributed by atoms with van der Waals surface area (Å²) in [6.07, 6.45) is 1.16. The fourth-order valence-corrected chi connectivity index (χ4v) is 2.41. The molecule has 6 nitrogen and oxygen atoms in total. The van der Waals surface area contributed by atoms with Gasteiger partial charge in [0.2, 0.25) is 0 Å². The van der Waals surface area contributed by atoms with Crippen LogP contribution in [0.3, 0.4) is 0 Å². The highest BCUT2D eigenvalue weighted by molar-refractivity contribution is 5.67. The average molecular weight is 282 g/mol. The van der Waals surface area contributed by atoms with Gasteiger partial charge in [0.25, 0.3) is 0 Å². The maximum Gasteiger partial charge on any atom is 0.348 e. The number of carbonyl (C=O) groups is 1. The van der Waals surface area contributed by atoms with Crippen molar-refractivity contribution in [3.63, 3.8) is 0 Å². The third kappa shape index (κ3) is 3.66. The molecule has 112 valence electrons. The standard InChI is InChI=1S/C14H22N2O4/c1-5-11(8-20-4)16-10(3)12(6-7-13(17)18)9(2)15-14(16)19/h11H,5-8H2,1-4H3,(H,17,18). The van der Waals surface area contributed by atoms with Crippen molar-refractivity contribution in [1.82, 2.24) is 9.55 Å². The van der Waals surface area contributed by atoms with E-state index in [-0.39, 0.29) is 18.2 Å². The number of hydrogen-bond acceptors (Lipinski definition) is 4. The lowest BCUT2D eigenvalue weighted by atomic mass is 10.1. The van der Waals surface area contributed by atoms with Crippen LogP contribution in [0.25, 0.3) is 0 Å². The second-order valence-electron chi connectivity index (χ2n) is 4.82. The number of hydrogen-bond donors (Lipinski definition) is 1. The molecule has 1 N–H and O–H groups in total. The van der Waals surface area contributed by atoms with Crippen molar-refractivity contribution in [3.8, 4) is 0 Å². The highest BCUT2D eigenvalue weighted by Gasteiger charge is 2.18. The predicted molar refractivity (Wildman–Crippen MR) is 75.1 cm³/mol. The lowest BCUT2D eigenvalue weighted by Crippen LogP contribution is -2.33. The van der Waals surface area contributed by atoms with Crippen LogP contribution in [0.15, 0.2) is 4.79 Å². The van der Waals surface area contributed by atoms with E-state index >= 15 is 0 Å². The maximum absolute atomic E-state index is 12.1. The van der Waals surface area contributed by atoms with Gasteiger partial charge in [-0.2, -0.15) is 4.98 Å². The van der Waals surface area contributed by atoms with E-state index < -0.39 is 5.97 Å². The van der Waals surface area contributed by atoms with Crippen LogP contribution >= 0.6 is 0 Å². The van der Waals surface area contributed by atoms with Crippen LogP contribution in [0, 0.1) is 13.8 Å². The van der Waals surface area contributed by atoms with Crippen molar-refractivity contribution in [1.29, 1.82) is 0 Å². The smallest absolute Gasteiger partial charge is 0.348 e. The molecular formula is C14H22N2O4.